The van der Waals surface area contributed by atoms with Crippen LogP contribution in [0, 0.1) is 0 Å². The molecule has 472 valence electrons. The minimum atomic E-state index is 0. The standard InChI is InChI=1S/4C18H27NO2.ClH/c4*1-2-3-15-21-17-9-7-16(8-10-17)18(20)11-14-19-12-5-4-6-13-19;/h4*7-10H,2-6,11-15H2,1H3;1H. The summed E-state index contributed by atoms with van der Waals surface area (Å²) < 4.78 is 22.5. The lowest BCUT2D eigenvalue weighted by Crippen LogP contribution is -3.12. The highest BCUT2D eigenvalue weighted by Gasteiger charge is 2.18. The number of hydrogen-bond donors (Lipinski definition) is 1. The van der Waals surface area contributed by atoms with Crippen LogP contribution in [0.2, 0.25) is 0 Å². The molecule has 4 aromatic carbocycles. The molecule has 0 aromatic heterocycles. The highest BCUT2D eigenvalue weighted by molar-refractivity contribution is 5.97. The van der Waals surface area contributed by atoms with Crippen LogP contribution in [0.5, 0.6) is 23.0 Å². The number of piperidine rings is 4. The lowest BCUT2D eigenvalue weighted by molar-refractivity contribution is -0.904. The van der Waals surface area contributed by atoms with E-state index < -0.39 is 0 Å². The van der Waals surface area contributed by atoms with E-state index in [9.17, 15) is 19.2 Å². The Morgan fingerprint density at radius 2 is 0.576 bits per heavy atom. The van der Waals surface area contributed by atoms with Gasteiger partial charge in [0.15, 0.2) is 23.1 Å². The third kappa shape index (κ3) is 30.9. The Morgan fingerprint density at radius 1 is 0.341 bits per heavy atom. The second-order valence-corrected chi connectivity index (χ2v) is 23.4. The number of halogens is 1. The van der Waals surface area contributed by atoms with Crippen molar-refractivity contribution in [2.24, 2.45) is 0 Å². The summed E-state index contributed by atoms with van der Waals surface area (Å²) in [6.45, 7) is 24.6. The highest BCUT2D eigenvalue weighted by Crippen LogP contribution is 2.20. The molecule has 0 spiro atoms. The van der Waals surface area contributed by atoms with Gasteiger partial charge >= 0.3 is 0 Å². The summed E-state index contributed by atoms with van der Waals surface area (Å²) in [6, 6.07) is 30.4. The first kappa shape index (κ1) is 72.4. The minimum Gasteiger partial charge on any atom is -1.00 e. The first-order valence-corrected chi connectivity index (χ1v) is 33.2. The maximum absolute atomic E-state index is 12.2. The molecule has 0 amide bonds. The Balaban J connectivity index is 0.000000242. The molecule has 85 heavy (non-hydrogen) atoms. The predicted octanol–water partition coefficient (Wildman–Crippen LogP) is 11.3. The third-order valence-corrected chi connectivity index (χ3v) is 16.3. The monoisotopic (exact) mass is 1190 g/mol. The Morgan fingerprint density at radius 3 is 0.824 bits per heavy atom. The number of ketones is 4. The van der Waals surface area contributed by atoms with Gasteiger partial charge in [-0.2, -0.15) is 0 Å². The zero-order valence-corrected chi connectivity index (χ0v) is 53.8. The number of unbranched alkanes of at least 4 members (excludes halogenated alkanes) is 4. The molecular formula is C72H109ClN4O8. The smallest absolute Gasteiger partial charge is 0.168 e. The van der Waals surface area contributed by atoms with Gasteiger partial charge in [-0.3, -0.25) is 19.2 Å². The Hall–Kier alpha value is -5.11. The van der Waals surface area contributed by atoms with Crippen molar-refractivity contribution in [3.05, 3.63) is 119 Å². The SMILES string of the molecule is CCCCOc1ccc(C(=O)CCN2CCCCC2)cc1.CCCCOc1ccc(C(=O)CCN2CCCCC2)cc1.CCCCOc1ccc(C(=O)CCN2CCCCC2)cc1.CCCCOc1ccc(C(=O)CC[NH+]2CCCCC2)cc1.[Cl-]. The number of rotatable bonds is 32. The molecule has 1 N–H and O–H groups in total. The number of hydrogen-bond acceptors (Lipinski definition) is 11. The average molecular weight is 1190 g/mol. The number of carbonyl (C=O) groups is 4. The van der Waals surface area contributed by atoms with Crippen LogP contribution in [0.3, 0.4) is 0 Å². The molecule has 4 aliphatic rings. The molecule has 4 aromatic rings. The van der Waals surface area contributed by atoms with Gasteiger partial charge in [-0.05, 0) is 220 Å². The maximum atomic E-state index is 12.2. The van der Waals surface area contributed by atoms with Crippen molar-refractivity contribution in [2.75, 3.05) is 105 Å². The van der Waals surface area contributed by atoms with E-state index in [0.29, 0.717) is 25.7 Å². The Kier molecular flexibility index (Phi) is 38.5. The summed E-state index contributed by atoms with van der Waals surface area (Å²) in [7, 11) is 0. The summed E-state index contributed by atoms with van der Waals surface area (Å²) in [5.74, 6) is 4.40. The lowest BCUT2D eigenvalue weighted by atomic mass is 10.1. The topological polar surface area (TPSA) is 119 Å². The second kappa shape index (κ2) is 45.2. The number of likely N-dealkylation sites (tertiary alicyclic amines) is 4. The van der Waals surface area contributed by atoms with Gasteiger partial charge in [0.2, 0.25) is 0 Å². The van der Waals surface area contributed by atoms with Gasteiger partial charge in [0.05, 0.1) is 52.5 Å². The van der Waals surface area contributed by atoms with Crippen molar-refractivity contribution in [1.29, 1.82) is 0 Å². The Labute approximate surface area is 519 Å². The van der Waals surface area contributed by atoms with Crippen LogP contribution in [-0.4, -0.2) is 143 Å². The van der Waals surface area contributed by atoms with E-state index >= 15 is 0 Å². The average Bonchev–Trinajstić information content (AvgIpc) is 3.60. The van der Waals surface area contributed by atoms with Crippen LogP contribution in [0.1, 0.15) is 223 Å². The molecule has 8 rings (SSSR count). The zero-order chi connectivity index (χ0) is 59.7. The molecule has 4 aliphatic heterocycles. The maximum Gasteiger partial charge on any atom is 0.168 e. The van der Waals surface area contributed by atoms with E-state index in [1.807, 2.05) is 97.1 Å². The second-order valence-electron chi connectivity index (χ2n) is 23.4. The molecule has 4 saturated heterocycles. The van der Waals surface area contributed by atoms with E-state index in [2.05, 4.69) is 42.4 Å². The molecule has 0 saturated carbocycles. The number of Topliss-reactive ketones (excluding diaryl/α,β-unsaturated/α-hetero) is 4. The van der Waals surface area contributed by atoms with E-state index in [1.54, 1.807) is 4.90 Å². The number of ether oxygens (including phenoxy) is 4. The summed E-state index contributed by atoms with van der Waals surface area (Å²) in [6.07, 6.45) is 27.0. The van der Waals surface area contributed by atoms with Crippen LogP contribution >= 0.6 is 0 Å². The fourth-order valence-corrected chi connectivity index (χ4v) is 10.8. The molecule has 0 atom stereocenters. The largest absolute Gasteiger partial charge is 1.00 e. The first-order chi connectivity index (χ1) is 41.2. The number of carbonyl (C=O) groups excluding carboxylic acids is 4. The Bertz CT molecular complexity index is 2030. The highest BCUT2D eigenvalue weighted by atomic mass is 35.5. The van der Waals surface area contributed by atoms with Crippen molar-refractivity contribution >= 4 is 23.1 Å². The van der Waals surface area contributed by atoms with Gasteiger partial charge in [-0.1, -0.05) is 72.6 Å². The van der Waals surface area contributed by atoms with Gasteiger partial charge in [-0.15, -0.1) is 0 Å². The predicted molar refractivity (Wildman–Crippen MR) is 343 cm³/mol. The molecule has 0 bridgehead atoms. The number of nitrogens with zero attached hydrogens (tertiary/aromatic N) is 3. The number of benzene rings is 4. The van der Waals surface area contributed by atoms with Gasteiger partial charge in [-0.25, -0.2) is 0 Å². The summed E-state index contributed by atoms with van der Waals surface area (Å²) in [4.78, 5) is 57.6. The van der Waals surface area contributed by atoms with Gasteiger partial charge < -0.3 is 51.0 Å². The van der Waals surface area contributed by atoms with Crippen LogP contribution in [0.4, 0.5) is 0 Å². The fourth-order valence-electron chi connectivity index (χ4n) is 10.8. The molecule has 0 unspecified atom stereocenters. The zero-order valence-electron chi connectivity index (χ0n) is 53.0. The minimum absolute atomic E-state index is 0. The van der Waals surface area contributed by atoms with Crippen LogP contribution < -0.4 is 36.3 Å². The van der Waals surface area contributed by atoms with E-state index in [4.69, 9.17) is 18.9 Å². The van der Waals surface area contributed by atoms with Gasteiger partial charge in [0, 0.05) is 61.2 Å². The fraction of sp³-hybridized carbons (Fsp3) is 0.611. The van der Waals surface area contributed by atoms with Crippen molar-refractivity contribution in [1.82, 2.24) is 14.7 Å². The first-order valence-electron chi connectivity index (χ1n) is 33.2. The molecular weight excluding hydrogens is 1080 g/mol. The van der Waals surface area contributed by atoms with E-state index in [-0.39, 0.29) is 35.5 Å². The normalized spacial score (nSPS) is 15.7. The molecule has 4 fully saturated rings. The van der Waals surface area contributed by atoms with Gasteiger partial charge in [0.1, 0.15) is 23.0 Å². The molecule has 4 heterocycles. The van der Waals surface area contributed by atoms with Crippen molar-refractivity contribution in [2.45, 2.75) is 182 Å². The number of nitrogens with one attached hydrogen (secondary N) is 1. The van der Waals surface area contributed by atoms with Crippen molar-refractivity contribution in [3.63, 3.8) is 0 Å². The molecule has 0 aliphatic carbocycles. The van der Waals surface area contributed by atoms with Crippen LogP contribution in [0.15, 0.2) is 97.1 Å². The summed E-state index contributed by atoms with van der Waals surface area (Å²) in [5, 5.41) is 0. The molecule has 12 nitrogen and oxygen atoms in total. The van der Waals surface area contributed by atoms with Crippen molar-refractivity contribution in [3.8, 4) is 23.0 Å². The van der Waals surface area contributed by atoms with Gasteiger partial charge in [0.25, 0.3) is 0 Å². The third-order valence-electron chi connectivity index (χ3n) is 16.3. The van der Waals surface area contributed by atoms with Crippen LogP contribution in [-0.2, 0) is 0 Å². The molecule has 0 radical (unpaired) electrons. The van der Waals surface area contributed by atoms with Crippen molar-refractivity contribution < 1.29 is 55.4 Å². The number of quaternary nitrogens is 1. The summed E-state index contributed by atoms with van der Waals surface area (Å²) in [5.41, 5.74) is 3.22. The summed E-state index contributed by atoms with van der Waals surface area (Å²) >= 11 is 0. The molecule has 13 heteroatoms. The van der Waals surface area contributed by atoms with E-state index in [1.165, 1.54) is 90.1 Å². The lowest BCUT2D eigenvalue weighted by Gasteiger charge is -2.25. The van der Waals surface area contributed by atoms with Crippen LogP contribution in [0.25, 0.3) is 0 Å². The quantitative estimate of drug-likeness (QED) is 0.0372. The van der Waals surface area contributed by atoms with E-state index in [0.717, 1.165) is 188 Å².